The van der Waals surface area contributed by atoms with Gasteiger partial charge in [-0.15, -0.1) is 0 Å². The van der Waals surface area contributed by atoms with Gasteiger partial charge in [0.1, 0.15) is 11.3 Å². The Balaban J connectivity index is 1.73. The summed E-state index contributed by atoms with van der Waals surface area (Å²) in [5, 5.41) is 0. The Morgan fingerprint density at radius 1 is 1.09 bits per heavy atom. The Bertz CT molecular complexity index is 1190. The summed E-state index contributed by atoms with van der Waals surface area (Å²) in [6, 6.07) is 6.21. The predicted octanol–water partition coefficient (Wildman–Crippen LogP) is 5.58. The van der Waals surface area contributed by atoms with Crippen LogP contribution in [0.4, 0.5) is 0 Å². The first kappa shape index (κ1) is 25.1. The number of hydrogen-bond donors (Lipinski definition) is 3. The first-order valence-electron chi connectivity index (χ1n) is 12.0. The fraction of sp³-hybridized carbons (Fsp3) is 0.519. The van der Waals surface area contributed by atoms with Crippen molar-refractivity contribution in [3.8, 4) is 11.7 Å². The molecule has 0 bridgehead atoms. The van der Waals surface area contributed by atoms with Crippen molar-refractivity contribution in [1.82, 2.24) is 9.97 Å². The van der Waals surface area contributed by atoms with Crippen molar-refractivity contribution in [3.63, 3.8) is 0 Å². The van der Waals surface area contributed by atoms with Crippen LogP contribution < -0.4 is 9.30 Å². The lowest BCUT2D eigenvalue weighted by molar-refractivity contribution is -0.612. The van der Waals surface area contributed by atoms with Gasteiger partial charge in [-0.1, -0.05) is 17.8 Å². The van der Waals surface area contributed by atoms with E-state index in [1.807, 2.05) is 40.0 Å². The number of carbonyl (C=O) groups excluding carboxylic acids is 1. The number of ether oxygens (including phenoxy) is 1. The van der Waals surface area contributed by atoms with Gasteiger partial charge in [0.25, 0.3) is 0 Å². The third-order valence-corrected chi connectivity index (χ3v) is 7.90. The van der Waals surface area contributed by atoms with Crippen molar-refractivity contribution in [2.24, 2.45) is 0 Å². The van der Waals surface area contributed by atoms with Crippen LogP contribution in [-0.4, -0.2) is 27.4 Å². The lowest BCUT2D eigenvalue weighted by atomic mass is 9.80. The van der Waals surface area contributed by atoms with E-state index in [-0.39, 0.29) is 10.4 Å². The zero-order valence-corrected chi connectivity index (χ0v) is 22.8. The third-order valence-electron chi connectivity index (χ3n) is 7.38. The van der Waals surface area contributed by atoms with E-state index in [2.05, 4.69) is 53.9 Å². The topological polar surface area (TPSA) is 58.9 Å². The molecule has 1 aromatic carbocycles. The summed E-state index contributed by atoms with van der Waals surface area (Å²) in [5.41, 5.74) is 5.30. The van der Waals surface area contributed by atoms with Gasteiger partial charge in [-0.25, -0.2) is 9.55 Å². The summed E-state index contributed by atoms with van der Waals surface area (Å²) in [6.45, 7) is 10.2. The molecule has 0 spiro atoms. The Labute approximate surface area is 213 Å². The molecule has 0 saturated heterocycles. The van der Waals surface area contributed by atoms with Crippen LogP contribution in [-0.2, 0) is 22.0 Å². The van der Waals surface area contributed by atoms with Gasteiger partial charge in [-0.2, -0.15) is 25.3 Å². The Hall–Kier alpha value is -1.99. The highest BCUT2D eigenvalue weighted by molar-refractivity contribution is 7.99. The summed E-state index contributed by atoms with van der Waals surface area (Å²) in [6.07, 6.45) is 7.27. The lowest BCUT2D eigenvalue weighted by Gasteiger charge is -2.21. The lowest BCUT2D eigenvalue weighted by Crippen LogP contribution is -2.38. The average molecular weight is 499 g/mol. The Kier molecular flexibility index (Phi) is 6.82. The predicted molar refractivity (Wildman–Crippen MR) is 144 cm³/mol. The molecule has 2 aromatic heterocycles. The van der Waals surface area contributed by atoms with Gasteiger partial charge in [0.15, 0.2) is 11.3 Å². The molecule has 1 N–H and O–H groups in total. The minimum absolute atomic E-state index is 0.144. The number of H-pyrrole nitrogens is 1. The van der Waals surface area contributed by atoms with Crippen LogP contribution in [0.5, 0.6) is 5.75 Å². The van der Waals surface area contributed by atoms with Crippen LogP contribution >= 0.6 is 25.3 Å². The number of fused-ring (bicyclic) bond motifs is 2. The zero-order chi connectivity index (χ0) is 24.8. The molecule has 3 aromatic rings. The fourth-order valence-electron chi connectivity index (χ4n) is 5.42. The van der Waals surface area contributed by atoms with E-state index in [4.69, 9.17) is 9.72 Å². The number of ketones is 1. The Morgan fingerprint density at radius 2 is 1.76 bits per heavy atom. The van der Waals surface area contributed by atoms with Crippen LogP contribution in [0.1, 0.15) is 75.8 Å². The van der Waals surface area contributed by atoms with Crippen molar-refractivity contribution in [2.75, 3.05) is 7.11 Å². The summed E-state index contributed by atoms with van der Waals surface area (Å²) >= 11 is 8.73. The number of carbonyl (C=O) groups is 1. The second kappa shape index (κ2) is 9.23. The number of thiol groups is 2. The number of methoxy groups -OCH3 is 1. The highest BCUT2D eigenvalue weighted by Gasteiger charge is 2.50. The van der Waals surface area contributed by atoms with Crippen molar-refractivity contribution in [3.05, 3.63) is 46.8 Å². The maximum absolute atomic E-state index is 13.1. The number of benzene rings is 1. The van der Waals surface area contributed by atoms with Gasteiger partial charge in [0.2, 0.25) is 0 Å². The van der Waals surface area contributed by atoms with Crippen LogP contribution in [0.15, 0.2) is 24.4 Å². The standard InChI is InChI=1S/C27H35N3O2S2/c1-16-21(10-8-7-9-11-23(33)34)30(13-12-22(16)32-6)25-28-19-14-17-18(15-20(19)29-25)27(4,5)24(31)26(17,2)3/h12-15,23H,7-11H2,1-6H3,(H2-,28,29,33,34)/p+1. The van der Waals surface area contributed by atoms with Gasteiger partial charge in [-0.05, 0) is 70.7 Å². The number of hydrogen-bond acceptors (Lipinski definition) is 5. The molecule has 0 aliphatic heterocycles. The van der Waals surface area contributed by atoms with Gasteiger partial charge in [-0.3, -0.25) is 4.79 Å². The monoisotopic (exact) mass is 498 g/mol. The van der Waals surface area contributed by atoms with Gasteiger partial charge >= 0.3 is 5.95 Å². The third kappa shape index (κ3) is 4.26. The summed E-state index contributed by atoms with van der Waals surface area (Å²) in [7, 11) is 1.71. The first-order chi connectivity index (χ1) is 16.0. The van der Waals surface area contributed by atoms with E-state index in [0.29, 0.717) is 0 Å². The summed E-state index contributed by atoms with van der Waals surface area (Å²) < 4.78 is 7.90. The maximum Gasteiger partial charge on any atom is 0.402 e. The largest absolute Gasteiger partial charge is 0.496 e. The molecule has 0 atom stereocenters. The molecule has 34 heavy (non-hydrogen) atoms. The van der Waals surface area contributed by atoms with Crippen LogP contribution in [0.25, 0.3) is 17.0 Å². The second-order valence-corrected chi connectivity index (χ2v) is 12.1. The first-order valence-corrected chi connectivity index (χ1v) is 13.1. The van der Waals surface area contributed by atoms with E-state index in [0.717, 1.165) is 71.5 Å². The van der Waals surface area contributed by atoms with Gasteiger partial charge in [0, 0.05) is 33.5 Å². The fourth-order valence-corrected chi connectivity index (χ4v) is 5.79. The number of Topliss-reactive ketones (excluding diaryl/α,β-unsaturated/α-hetero) is 1. The Morgan fingerprint density at radius 3 is 2.41 bits per heavy atom. The molecule has 4 rings (SSSR count). The number of imidazole rings is 1. The maximum atomic E-state index is 13.1. The SMILES string of the molecule is COc1cc[n+](-c2nc3cc4c(cc3[nH]2)C(C)(C)C(=O)C4(C)C)c(CCCCCC(S)S)c1C. The van der Waals surface area contributed by atoms with Gasteiger partial charge < -0.3 is 4.74 Å². The number of unbranched alkanes of at least 4 members (excludes halogenated alkanes) is 2. The molecule has 182 valence electrons. The second-order valence-electron chi connectivity index (χ2n) is 10.5. The summed E-state index contributed by atoms with van der Waals surface area (Å²) in [5.74, 6) is 1.92. The molecule has 5 nitrogen and oxygen atoms in total. The van der Waals surface area contributed by atoms with E-state index in [9.17, 15) is 4.79 Å². The minimum atomic E-state index is -0.514. The quantitative estimate of drug-likeness (QED) is 0.164. The van der Waals surface area contributed by atoms with E-state index < -0.39 is 10.8 Å². The highest BCUT2D eigenvalue weighted by Crippen LogP contribution is 2.47. The van der Waals surface area contributed by atoms with E-state index in [1.165, 1.54) is 5.69 Å². The molecule has 7 heteroatoms. The van der Waals surface area contributed by atoms with E-state index in [1.54, 1.807) is 7.11 Å². The number of aromatic amines is 1. The molecule has 0 amide bonds. The van der Waals surface area contributed by atoms with Crippen molar-refractivity contribution in [2.45, 2.75) is 82.1 Å². The molecule has 0 radical (unpaired) electrons. The van der Waals surface area contributed by atoms with Gasteiger partial charge in [0.05, 0.1) is 19.0 Å². The molecule has 0 fully saturated rings. The highest BCUT2D eigenvalue weighted by atomic mass is 32.2. The molecule has 0 saturated carbocycles. The van der Waals surface area contributed by atoms with Crippen LogP contribution in [0, 0.1) is 6.92 Å². The normalized spacial score (nSPS) is 16.4. The van der Waals surface area contributed by atoms with Crippen LogP contribution in [0.2, 0.25) is 0 Å². The van der Waals surface area contributed by atoms with E-state index >= 15 is 0 Å². The summed E-state index contributed by atoms with van der Waals surface area (Å²) in [4.78, 5) is 21.5. The molecular formula is C27H36N3O2S2+. The minimum Gasteiger partial charge on any atom is -0.496 e. The molecule has 2 heterocycles. The smallest absolute Gasteiger partial charge is 0.402 e. The zero-order valence-electron chi connectivity index (χ0n) is 21.0. The molecule has 1 aliphatic carbocycles. The molecular weight excluding hydrogens is 462 g/mol. The van der Waals surface area contributed by atoms with Crippen molar-refractivity contribution in [1.29, 1.82) is 0 Å². The number of pyridine rings is 1. The molecule has 0 unspecified atom stereocenters. The number of rotatable bonds is 8. The average Bonchev–Trinajstić information content (AvgIpc) is 3.25. The van der Waals surface area contributed by atoms with Crippen LogP contribution in [0.3, 0.4) is 0 Å². The molecule has 1 aliphatic rings. The van der Waals surface area contributed by atoms with Crippen molar-refractivity contribution >= 4 is 42.1 Å². The van der Waals surface area contributed by atoms with Crippen molar-refractivity contribution < 1.29 is 14.1 Å². The number of nitrogens with one attached hydrogen (secondary N) is 1. The number of aromatic nitrogens is 3. The number of nitrogens with zero attached hydrogens (tertiary/aromatic N) is 2.